The van der Waals surface area contributed by atoms with Crippen molar-refractivity contribution in [3.8, 4) is 0 Å². The number of carbonyl (C=O) groups is 2. The normalized spacial score (nSPS) is 21.4. The molecule has 44 heavy (non-hydrogen) atoms. The second kappa shape index (κ2) is 11.5. The van der Waals surface area contributed by atoms with Gasteiger partial charge in [-0.3, -0.25) is 9.69 Å². The number of rotatable bonds is 8. The zero-order valence-electron chi connectivity index (χ0n) is 24.9. The largest absolute Gasteiger partial charge is 0.478 e. The molecule has 228 valence electrons. The summed E-state index contributed by atoms with van der Waals surface area (Å²) in [4.78, 5) is 37.0. The first-order valence-corrected chi connectivity index (χ1v) is 15.6. The lowest BCUT2D eigenvalue weighted by Crippen LogP contribution is -2.55. The summed E-state index contributed by atoms with van der Waals surface area (Å²) in [6.07, 6.45) is 3.15. The smallest absolute Gasteiger partial charge is 0.335 e. The van der Waals surface area contributed by atoms with Crippen molar-refractivity contribution in [2.75, 3.05) is 31.6 Å². The van der Waals surface area contributed by atoms with Gasteiger partial charge in [0.2, 0.25) is 0 Å². The lowest BCUT2D eigenvalue weighted by Gasteiger charge is -2.41. The first-order chi connectivity index (χ1) is 21.2. The molecule has 0 spiro atoms. The Morgan fingerprint density at radius 1 is 1.02 bits per heavy atom. The number of carboxylic acids is 1. The quantitative estimate of drug-likeness (QED) is 0.271. The van der Waals surface area contributed by atoms with Gasteiger partial charge in [-0.15, -0.1) is 0 Å². The molecule has 3 saturated heterocycles. The number of anilines is 2. The summed E-state index contributed by atoms with van der Waals surface area (Å²) in [6.45, 7) is 5.40. The maximum Gasteiger partial charge on any atom is 0.335 e. The number of aromatic carboxylic acids is 1. The van der Waals surface area contributed by atoms with Crippen LogP contribution in [0.5, 0.6) is 0 Å². The number of amides is 1. The second-order valence-electron chi connectivity index (χ2n) is 12.3. The minimum absolute atomic E-state index is 0.0439. The van der Waals surface area contributed by atoms with E-state index in [1.54, 1.807) is 18.2 Å². The Balaban J connectivity index is 1.09. The molecule has 2 unspecified atom stereocenters. The Kier molecular flexibility index (Phi) is 7.56. The first kappa shape index (κ1) is 28.8. The molecule has 7 rings (SSSR count). The molecule has 10 heteroatoms. The number of hydrogen-bond donors (Lipinski definition) is 1. The van der Waals surface area contributed by atoms with Crippen LogP contribution in [0.3, 0.4) is 0 Å². The SMILES string of the molecule is Cc1ccc(N(C)c2cccc(C(=O)N3CC4CCC(C3)N4Cc3nc4ccc(C(=O)O)cc4n3C[C@@H]3CCO3)c2)c(Cl)c1. The lowest BCUT2D eigenvalue weighted by molar-refractivity contribution is -0.0593. The highest BCUT2D eigenvalue weighted by molar-refractivity contribution is 6.33. The molecule has 1 aromatic heterocycles. The number of carbonyl (C=O) groups excluding carboxylic acids is 1. The number of ether oxygens (including phenoxy) is 1. The molecule has 4 heterocycles. The highest BCUT2D eigenvalue weighted by Gasteiger charge is 2.42. The van der Waals surface area contributed by atoms with Crippen LogP contribution in [-0.4, -0.2) is 81.3 Å². The van der Waals surface area contributed by atoms with Gasteiger partial charge in [-0.1, -0.05) is 23.7 Å². The number of aromatic nitrogens is 2. The zero-order valence-corrected chi connectivity index (χ0v) is 25.7. The van der Waals surface area contributed by atoms with Gasteiger partial charge in [-0.25, -0.2) is 9.78 Å². The number of benzene rings is 3. The number of nitrogens with zero attached hydrogens (tertiary/aromatic N) is 5. The van der Waals surface area contributed by atoms with Crippen LogP contribution < -0.4 is 4.90 Å². The number of piperazine rings is 1. The maximum absolute atomic E-state index is 13.8. The molecule has 3 aromatic carbocycles. The van der Waals surface area contributed by atoms with Crippen LogP contribution in [0, 0.1) is 6.92 Å². The highest BCUT2D eigenvalue weighted by Crippen LogP contribution is 2.35. The third-order valence-corrected chi connectivity index (χ3v) is 9.75. The van der Waals surface area contributed by atoms with Gasteiger partial charge >= 0.3 is 5.97 Å². The minimum Gasteiger partial charge on any atom is -0.478 e. The van der Waals surface area contributed by atoms with E-state index in [-0.39, 0.29) is 29.7 Å². The van der Waals surface area contributed by atoms with Crippen molar-refractivity contribution in [1.29, 1.82) is 0 Å². The number of halogens is 1. The van der Waals surface area contributed by atoms with Gasteiger partial charge in [-0.2, -0.15) is 0 Å². The van der Waals surface area contributed by atoms with E-state index in [1.807, 2.05) is 66.2 Å². The average molecular weight is 614 g/mol. The molecular formula is C34H36ClN5O4. The molecule has 0 radical (unpaired) electrons. The van der Waals surface area contributed by atoms with Gasteiger partial charge in [0, 0.05) is 50.1 Å². The van der Waals surface area contributed by atoms with Crippen LogP contribution in [0.4, 0.5) is 11.4 Å². The van der Waals surface area contributed by atoms with Crippen LogP contribution in [0.2, 0.25) is 5.02 Å². The Hall–Kier alpha value is -3.92. The number of fused-ring (bicyclic) bond motifs is 3. The van der Waals surface area contributed by atoms with Crippen molar-refractivity contribution < 1.29 is 19.4 Å². The van der Waals surface area contributed by atoms with Crippen molar-refractivity contribution >= 4 is 45.9 Å². The fraction of sp³-hybridized carbons (Fsp3) is 0.382. The molecule has 9 nitrogen and oxygen atoms in total. The molecule has 0 aliphatic carbocycles. The maximum atomic E-state index is 13.8. The van der Waals surface area contributed by atoms with E-state index < -0.39 is 5.97 Å². The van der Waals surface area contributed by atoms with Crippen molar-refractivity contribution in [1.82, 2.24) is 19.4 Å². The summed E-state index contributed by atoms with van der Waals surface area (Å²) in [5.41, 5.74) is 5.44. The summed E-state index contributed by atoms with van der Waals surface area (Å²) in [5, 5.41) is 10.3. The van der Waals surface area contributed by atoms with Crippen molar-refractivity contribution in [2.45, 2.75) is 57.5 Å². The molecule has 1 amide bonds. The van der Waals surface area contributed by atoms with E-state index in [9.17, 15) is 14.7 Å². The van der Waals surface area contributed by atoms with Gasteiger partial charge in [-0.05, 0) is 80.3 Å². The molecule has 1 N–H and O–H groups in total. The predicted molar refractivity (Wildman–Crippen MR) is 170 cm³/mol. The van der Waals surface area contributed by atoms with E-state index in [2.05, 4.69) is 9.47 Å². The number of carboxylic acid groups (broad SMARTS) is 1. The Morgan fingerprint density at radius 2 is 1.80 bits per heavy atom. The topological polar surface area (TPSA) is 91.1 Å². The second-order valence-corrected chi connectivity index (χ2v) is 12.7. The molecular weight excluding hydrogens is 578 g/mol. The summed E-state index contributed by atoms with van der Waals surface area (Å²) in [7, 11) is 1.96. The lowest BCUT2D eigenvalue weighted by atomic mass is 10.1. The third-order valence-electron chi connectivity index (χ3n) is 9.44. The summed E-state index contributed by atoms with van der Waals surface area (Å²) in [5.74, 6) is 0.0126. The third kappa shape index (κ3) is 5.33. The van der Waals surface area contributed by atoms with E-state index in [4.69, 9.17) is 21.3 Å². The zero-order chi connectivity index (χ0) is 30.5. The van der Waals surface area contributed by atoms with E-state index >= 15 is 0 Å². The summed E-state index contributed by atoms with van der Waals surface area (Å²) in [6, 6.07) is 19.3. The summed E-state index contributed by atoms with van der Waals surface area (Å²) < 4.78 is 7.88. The first-order valence-electron chi connectivity index (χ1n) is 15.2. The van der Waals surface area contributed by atoms with Crippen LogP contribution in [-0.2, 0) is 17.8 Å². The molecule has 3 fully saturated rings. The van der Waals surface area contributed by atoms with Crippen molar-refractivity contribution in [2.24, 2.45) is 0 Å². The number of likely N-dealkylation sites (tertiary alicyclic amines) is 1. The minimum atomic E-state index is -0.948. The molecule has 0 saturated carbocycles. The highest BCUT2D eigenvalue weighted by atomic mass is 35.5. The predicted octanol–water partition coefficient (Wildman–Crippen LogP) is 5.74. The molecule has 4 aromatic rings. The van der Waals surface area contributed by atoms with Gasteiger partial charge in [0.15, 0.2) is 0 Å². The number of aryl methyl sites for hydroxylation is 1. The van der Waals surface area contributed by atoms with Gasteiger partial charge in [0.25, 0.3) is 5.91 Å². The summed E-state index contributed by atoms with van der Waals surface area (Å²) >= 11 is 6.54. The van der Waals surface area contributed by atoms with E-state index in [0.29, 0.717) is 36.8 Å². The van der Waals surface area contributed by atoms with Gasteiger partial charge in [0.05, 0.1) is 46.5 Å². The van der Waals surface area contributed by atoms with E-state index in [1.165, 1.54) is 0 Å². The Bertz CT molecular complexity index is 1740. The standard InChI is InChI=1S/C34H36ClN5O4/c1-21-6-11-30(28(35)14-21)37(2)24-5-3-4-22(15-24)33(41)38-17-25-8-9-26(18-38)39(25)20-32-36-29-10-7-23(34(42)43)16-31(29)40(32)19-27-12-13-44-27/h3-7,10-11,14-16,25-27H,8-9,12-13,17-20H2,1-2H3,(H,42,43)/t25?,26?,27-/m0/s1. The average Bonchev–Trinajstić information content (AvgIpc) is 3.44. The Labute approximate surface area is 261 Å². The molecule has 3 atom stereocenters. The Morgan fingerprint density at radius 3 is 2.48 bits per heavy atom. The van der Waals surface area contributed by atoms with Crippen LogP contribution in [0.1, 0.15) is 51.4 Å². The van der Waals surface area contributed by atoms with Crippen LogP contribution >= 0.6 is 11.6 Å². The fourth-order valence-electron chi connectivity index (χ4n) is 6.89. The van der Waals surface area contributed by atoms with Crippen molar-refractivity contribution in [3.05, 3.63) is 88.2 Å². The fourth-order valence-corrected chi connectivity index (χ4v) is 7.25. The van der Waals surface area contributed by atoms with Gasteiger partial charge < -0.3 is 24.2 Å². The van der Waals surface area contributed by atoms with E-state index in [0.717, 1.165) is 59.7 Å². The molecule has 3 aliphatic heterocycles. The number of imidazole rings is 1. The van der Waals surface area contributed by atoms with Crippen molar-refractivity contribution in [3.63, 3.8) is 0 Å². The monoisotopic (exact) mass is 613 g/mol. The van der Waals surface area contributed by atoms with Gasteiger partial charge in [0.1, 0.15) is 5.82 Å². The van der Waals surface area contributed by atoms with Crippen LogP contribution in [0.25, 0.3) is 11.0 Å². The van der Waals surface area contributed by atoms with Crippen LogP contribution in [0.15, 0.2) is 60.7 Å². The number of hydrogen-bond acceptors (Lipinski definition) is 6. The molecule has 3 aliphatic rings. The molecule has 2 bridgehead atoms.